The Balaban J connectivity index is 2.66. The summed E-state index contributed by atoms with van der Waals surface area (Å²) in [5.41, 5.74) is 6.23. The molecule has 0 heterocycles. The minimum absolute atomic E-state index is 0.00154. The van der Waals surface area contributed by atoms with Crippen molar-refractivity contribution in [3.8, 4) is 0 Å². The first kappa shape index (κ1) is 16.6. The van der Waals surface area contributed by atoms with E-state index < -0.39 is 22.6 Å². The predicted octanol–water partition coefficient (Wildman–Crippen LogP) is 1.93. The number of nitrogens with two attached hydrogens (primary N) is 1. The maximum Gasteiger partial charge on any atom is 0.389 e. The summed E-state index contributed by atoms with van der Waals surface area (Å²) >= 11 is 0. The molecule has 0 aliphatic rings. The first-order chi connectivity index (χ1) is 9.15. The lowest BCUT2D eigenvalue weighted by Crippen LogP contribution is -2.19. The maximum absolute atomic E-state index is 12.0. The molecule has 0 saturated carbocycles. The van der Waals surface area contributed by atoms with Crippen LogP contribution in [0.4, 0.5) is 24.5 Å². The van der Waals surface area contributed by atoms with Crippen LogP contribution in [-0.4, -0.2) is 28.2 Å². The largest absolute Gasteiger partial charge is 0.397 e. The zero-order chi connectivity index (χ0) is 15.4. The zero-order valence-electron chi connectivity index (χ0n) is 10.8. The smallest absolute Gasteiger partial charge is 0.389 e. The van der Waals surface area contributed by atoms with Crippen molar-refractivity contribution in [2.75, 3.05) is 24.6 Å². The van der Waals surface area contributed by atoms with Gasteiger partial charge in [-0.2, -0.15) is 13.2 Å². The second kappa shape index (κ2) is 6.31. The third-order valence-electron chi connectivity index (χ3n) is 2.55. The minimum atomic E-state index is -4.18. The number of nitrogen functional groups attached to an aromatic ring is 1. The number of nitrogens with one attached hydrogen (secondary N) is 2. The van der Waals surface area contributed by atoms with Crippen molar-refractivity contribution in [2.24, 2.45) is 0 Å². The summed E-state index contributed by atoms with van der Waals surface area (Å²) < 4.78 is 61.1. The van der Waals surface area contributed by atoms with E-state index in [4.69, 9.17) is 5.73 Å². The van der Waals surface area contributed by atoms with Gasteiger partial charge in [-0.1, -0.05) is 0 Å². The number of benzene rings is 1. The molecule has 114 valence electrons. The SMILES string of the molecule is CNS(=O)(=O)c1ccc(NCCCC(F)(F)F)c(N)c1. The number of alkyl halides is 3. The van der Waals surface area contributed by atoms with E-state index in [2.05, 4.69) is 10.0 Å². The van der Waals surface area contributed by atoms with Crippen molar-refractivity contribution in [1.29, 1.82) is 0 Å². The summed E-state index contributed by atoms with van der Waals surface area (Å²) in [5, 5.41) is 2.74. The Morgan fingerprint density at radius 1 is 1.30 bits per heavy atom. The summed E-state index contributed by atoms with van der Waals surface area (Å²) in [6.07, 6.45) is -5.15. The highest BCUT2D eigenvalue weighted by Gasteiger charge is 2.25. The van der Waals surface area contributed by atoms with Gasteiger partial charge in [0.2, 0.25) is 10.0 Å². The fourth-order valence-corrected chi connectivity index (χ4v) is 2.26. The van der Waals surface area contributed by atoms with Gasteiger partial charge in [-0.15, -0.1) is 0 Å². The molecule has 0 unspecified atom stereocenters. The average molecular weight is 311 g/mol. The van der Waals surface area contributed by atoms with Crippen molar-refractivity contribution >= 4 is 21.4 Å². The van der Waals surface area contributed by atoms with Gasteiger partial charge < -0.3 is 11.1 Å². The number of rotatable bonds is 6. The molecule has 4 N–H and O–H groups in total. The highest BCUT2D eigenvalue weighted by Crippen LogP contribution is 2.24. The highest BCUT2D eigenvalue weighted by molar-refractivity contribution is 7.89. The molecule has 0 radical (unpaired) electrons. The first-order valence-corrected chi connectivity index (χ1v) is 7.28. The molecule has 0 fully saturated rings. The molecule has 5 nitrogen and oxygen atoms in total. The van der Waals surface area contributed by atoms with Gasteiger partial charge in [-0.05, 0) is 31.7 Å². The van der Waals surface area contributed by atoms with Crippen molar-refractivity contribution in [2.45, 2.75) is 23.9 Å². The Bertz CT molecular complexity index is 559. The fraction of sp³-hybridized carbons (Fsp3) is 0.455. The van der Waals surface area contributed by atoms with Gasteiger partial charge in [0.25, 0.3) is 0 Å². The molecule has 0 amide bonds. The minimum Gasteiger partial charge on any atom is -0.397 e. The van der Waals surface area contributed by atoms with Crippen molar-refractivity contribution < 1.29 is 21.6 Å². The maximum atomic E-state index is 12.0. The molecule has 9 heteroatoms. The van der Waals surface area contributed by atoms with E-state index in [1.54, 1.807) is 0 Å². The van der Waals surface area contributed by atoms with Crippen LogP contribution in [0.15, 0.2) is 23.1 Å². The second-order valence-electron chi connectivity index (χ2n) is 4.10. The van der Waals surface area contributed by atoms with Gasteiger partial charge in [0.05, 0.1) is 16.3 Å². The summed E-state index contributed by atoms with van der Waals surface area (Å²) in [7, 11) is -2.32. The van der Waals surface area contributed by atoms with E-state index in [0.717, 1.165) is 0 Å². The van der Waals surface area contributed by atoms with Crippen LogP contribution in [0.2, 0.25) is 0 Å². The Hall–Kier alpha value is -1.48. The number of halogens is 3. The molecule has 1 rings (SSSR count). The molecule has 0 aromatic heterocycles. The van der Waals surface area contributed by atoms with Crippen LogP contribution in [0, 0.1) is 0 Å². The molecule has 0 aliphatic carbocycles. The predicted molar refractivity (Wildman–Crippen MR) is 70.9 cm³/mol. The molecule has 0 spiro atoms. The van der Waals surface area contributed by atoms with E-state index in [9.17, 15) is 21.6 Å². The second-order valence-corrected chi connectivity index (χ2v) is 5.99. The number of hydrogen-bond donors (Lipinski definition) is 3. The molecule has 0 aliphatic heterocycles. The standard InChI is InChI=1S/C11H16F3N3O2S/c1-16-20(18,19)8-3-4-10(9(15)7-8)17-6-2-5-11(12,13)14/h3-4,7,16-17H,2,5-6,15H2,1H3. The molecule has 0 saturated heterocycles. The quantitative estimate of drug-likeness (QED) is 0.554. The topological polar surface area (TPSA) is 84.2 Å². The van der Waals surface area contributed by atoms with Crippen LogP contribution >= 0.6 is 0 Å². The van der Waals surface area contributed by atoms with Gasteiger partial charge in [0.15, 0.2) is 0 Å². The summed E-state index contributed by atoms with van der Waals surface area (Å²) in [4.78, 5) is -0.00154. The van der Waals surface area contributed by atoms with Crippen LogP contribution in [0.5, 0.6) is 0 Å². The van der Waals surface area contributed by atoms with Crippen molar-refractivity contribution in [3.63, 3.8) is 0 Å². The molecule has 1 aromatic carbocycles. The van der Waals surface area contributed by atoms with Gasteiger partial charge >= 0.3 is 6.18 Å². The van der Waals surface area contributed by atoms with Gasteiger partial charge in [0.1, 0.15) is 0 Å². The van der Waals surface area contributed by atoms with Crippen LogP contribution < -0.4 is 15.8 Å². The van der Waals surface area contributed by atoms with Crippen molar-refractivity contribution in [3.05, 3.63) is 18.2 Å². The molecular formula is C11H16F3N3O2S. The lowest BCUT2D eigenvalue weighted by atomic mass is 10.2. The highest BCUT2D eigenvalue weighted by atomic mass is 32.2. The normalized spacial score (nSPS) is 12.4. The summed E-state index contributed by atoms with van der Waals surface area (Å²) in [6, 6.07) is 4.00. The molecule has 20 heavy (non-hydrogen) atoms. The molecular weight excluding hydrogens is 295 g/mol. The molecule has 1 aromatic rings. The first-order valence-electron chi connectivity index (χ1n) is 5.79. The third-order valence-corrected chi connectivity index (χ3v) is 3.97. The lowest BCUT2D eigenvalue weighted by Gasteiger charge is -2.11. The lowest BCUT2D eigenvalue weighted by molar-refractivity contribution is -0.134. The van der Waals surface area contributed by atoms with Gasteiger partial charge in [0, 0.05) is 13.0 Å². The van der Waals surface area contributed by atoms with Crippen LogP contribution in [-0.2, 0) is 10.0 Å². The van der Waals surface area contributed by atoms with E-state index in [-0.39, 0.29) is 23.5 Å². The number of sulfonamides is 1. The Kier molecular flexibility index (Phi) is 5.23. The Labute approximate surface area is 115 Å². The van der Waals surface area contributed by atoms with E-state index >= 15 is 0 Å². The number of anilines is 2. The van der Waals surface area contributed by atoms with E-state index in [0.29, 0.717) is 5.69 Å². The van der Waals surface area contributed by atoms with Crippen LogP contribution in [0.1, 0.15) is 12.8 Å². The summed E-state index contributed by atoms with van der Waals surface area (Å²) in [5.74, 6) is 0. The average Bonchev–Trinajstić information content (AvgIpc) is 2.34. The van der Waals surface area contributed by atoms with Gasteiger partial charge in [-0.25, -0.2) is 13.1 Å². The van der Waals surface area contributed by atoms with Crippen LogP contribution in [0.25, 0.3) is 0 Å². The fourth-order valence-electron chi connectivity index (χ4n) is 1.50. The monoisotopic (exact) mass is 311 g/mol. The molecule has 0 atom stereocenters. The Morgan fingerprint density at radius 2 is 1.95 bits per heavy atom. The summed E-state index contributed by atoms with van der Waals surface area (Å²) in [6.45, 7) is 0.0990. The molecule has 0 bridgehead atoms. The van der Waals surface area contributed by atoms with E-state index in [1.165, 1.54) is 25.2 Å². The van der Waals surface area contributed by atoms with Crippen molar-refractivity contribution in [1.82, 2.24) is 4.72 Å². The van der Waals surface area contributed by atoms with Crippen LogP contribution in [0.3, 0.4) is 0 Å². The third kappa shape index (κ3) is 4.89. The zero-order valence-corrected chi connectivity index (χ0v) is 11.6. The Morgan fingerprint density at radius 3 is 2.45 bits per heavy atom. The number of hydrogen-bond acceptors (Lipinski definition) is 4. The van der Waals surface area contributed by atoms with E-state index in [1.807, 2.05) is 0 Å². The van der Waals surface area contributed by atoms with Gasteiger partial charge in [-0.3, -0.25) is 0 Å².